The average Bonchev–Trinajstić information content (AvgIpc) is 3.30. The molecule has 4 heteroatoms. The molecule has 1 aromatic carbocycles. The number of hydrogen-bond acceptors (Lipinski definition) is 1. The van der Waals surface area contributed by atoms with Crippen molar-refractivity contribution in [2.24, 2.45) is 0 Å². The van der Waals surface area contributed by atoms with Crippen molar-refractivity contribution in [2.75, 3.05) is 0 Å². The lowest BCUT2D eigenvalue weighted by Gasteiger charge is -2.00. The van der Waals surface area contributed by atoms with E-state index in [-0.39, 0.29) is 0 Å². The highest BCUT2D eigenvalue weighted by molar-refractivity contribution is 9.10. The highest BCUT2D eigenvalue weighted by Crippen LogP contribution is 2.31. The molecular weight excluding hydrogens is 470 g/mol. The van der Waals surface area contributed by atoms with Crippen LogP contribution in [0.1, 0.15) is 58.8 Å². The standard InChI is InChI=1S/C21H18BrN3.C6H12.C2H6/c1-2-7-19-20(14-8-5-3-4-6-9-14)25-21(24-19)17-13-23-18-11-10-15(22)12-16(17)18;1-4-5-6(2)3;1-2/h2-5,8-13,23H,1,6-7H2,(H,24,25);5H,4H2,1-3H3;1-2H3. The van der Waals surface area contributed by atoms with Crippen molar-refractivity contribution >= 4 is 32.4 Å². The van der Waals surface area contributed by atoms with E-state index in [2.05, 4.69) is 102 Å². The molecule has 0 atom stereocenters. The van der Waals surface area contributed by atoms with Gasteiger partial charge in [0.25, 0.3) is 0 Å². The Morgan fingerprint density at radius 3 is 2.67 bits per heavy atom. The van der Waals surface area contributed by atoms with E-state index in [0.29, 0.717) is 0 Å². The van der Waals surface area contributed by atoms with Gasteiger partial charge in [-0.05, 0) is 50.5 Å². The van der Waals surface area contributed by atoms with Gasteiger partial charge >= 0.3 is 0 Å². The number of halogens is 1. The fourth-order valence-corrected chi connectivity index (χ4v) is 3.88. The quantitative estimate of drug-likeness (QED) is 0.333. The number of rotatable bonds is 5. The topological polar surface area (TPSA) is 44.5 Å². The number of fused-ring (bicyclic) bond motifs is 1. The summed E-state index contributed by atoms with van der Waals surface area (Å²) in [5.41, 5.74) is 6.82. The highest BCUT2D eigenvalue weighted by Gasteiger charge is 2.16. The van der Waals surface area contributed by atoms with Gasteiger partial charge in [-0.15, -0.1) is 6.58 Å². The molecule has 1 aliphatic rings. The molecule has 0 saturated heterocycles. The van der Waals surface area contributed by atoms with E-state index in [1.807, 2.05) is 32.2 Å². The monoisotopic (exact) mass is 505 g/mol. The third-order valence-corrected chi connectivity index (χ3v) is 5.40. The minimum atomic E-state index is 0.757. The number of benzene rings is 1. The van der Waals surface area contributed by atoms with Gasteiger partial charge < -0.3 is 9.97 Å². The van der Waals surface area contributed by atoms with Gasteiger partial charge in [0.15, 0.2) is 0 Å². The molecule has 0 radical (unpaired) electrons. The zero-order chi connectivity index (χ0) is 24.2. The molecule has 0 aliphatic heterocycles. The van der Waals surface area contributed by atoms with Crippen LogP contribution in [0.2, 0.25) is 0 Å². The molecule has 0 amide bonds. The lowest BCUT2D eigenvalue weighted by Crippen LogP contribution is -1.89. The Hall–Kier alpha value is -2.85. The van der Waals surface area contributed by atoms with E-state index in [9.17, 15) is 0 Å². The number of H-pyrrole nitrogens is 2. The molecule has 3 aromatic rings. The van der Waals surface area contributed by atoms with Crippen molar-refractivity contribution in [1.29, 1.82) is 0 Å². The number of nitrogens with one attached hydrogen (secondary N) is 2. The second-order valence-electron chi connectivity index (χ2n) is 7.67. The van der Waals surface area contributed by atoms with Crippen LogP contribution in [0.25, 0.3) is 27.9 Å². The Balaban J connectivity index is 0.000000421. The first-order valence-electron chi connectivity index (χ1n) is 11.7. The first kappa shape index (κ1) is 26.4. The van der Waals surface area contributed by atoms with Gasteiger partial charge in [0.1, 0.15) is 5.82 Å². The van der Waals surface area contributed by atoms with Gasteiger partial charge in [0.05, 0.1) is 5.69 Å². The molecule has 174 valence electrons. The summed E-state index contributed by atoms with van der Waals surface area (Å²) in [5.74, 6) is 0.878. The van der Waals surface area contributed by atoms with Crippen molar-refractivity contribution in [3.8, 4) is 11.4 Å². The molecule has 2 heterocycles. The molecule has 0 unspecified atom stereocenters. The van der Waals surface area contributed by atoms with E-state index in [1.165, 1.54) is 12.0 Å². The molecule has 3 nitrogen and oxygen atoms in total. The number of imidazole rings is 1. The van der Waals surface area contributed by atoms with E-state index >= 15 is 0 Å². The fraction of sp³-hybridized carbons (Fsp3) is 0.276. The summed E-state index contributed by atoms with van der Waals surface area (Å²) >= 11 is 3.56. The van der Waals surface area contributed by atoms with Crippen molar-refractivity contribution in [2.45, 2.75) is 53.9 Å². The van der Waals surface area contributed by atoms with Crippen LogP contribution in [0.5, 0.6) is 0 Å². The summed E-state index contributed by atoms with van der Waals surface area (Å²) in [6, 6.07) is 6.22. The van der Waals surface area contributed by atoms with Crippen LogP contribution in [-0.2, 0) is 6.42 Å². The van der Waals surface area contributed by atoms with Gasteiger partial charge in [-0.1, -0.05) is 84.8 Å². The molecule has 1 aliphatic carbocycles. The maximum absolute atomic E-state index is 4.93. The Morgan fingerprint density at radius 2 is 2.00 bits per heavy atom. The first-order chi connectivity index (χ1) is 16.0. The Labute approximate surface area is 207 Å². The molecule has 0 spiro atoms. The van der Waals surface area contributed by atoms with E-state index in [4.69, 9.17) is 4.98 Å². The summed E-state index contributed by atoms with van der Waals surface area (Å²) in [7, 11) is 0. The minimum Gasteiger partial charge on any atom is -0.360 e. The summed E-state index contributed by atoms with van der Waals surface area (Å²) < 4.78 is 1.06. The van der Waals surface area contributed by atoms with Gasteiger partial charge in [0, 0.05) is 39.3 Å². The SMILES string of the molecule is C=CCc1[nH]c(-c2c[nH]c3ccc(Br)cc23)nc1C1=CCC=CC=C1.CC.CCC=C(C)C. The van der Waals surface area contributed by atoms with Crippen molar-refractivity contribution in [3.05, 3.63) is 94.9 Å². The number of aromatic nitrogens is 3. The molecular formula is C29H36BrN3. The highest BCUT2D eigenvalue weighted by atomic mass is 79.9. The van der Waals surface area contributed by atoms with Gasteiger partial charge in [-0.2, -0.15) is 0 Å². The van der Waals surface area contributed by atoms with Crippen molar-refractivity contribution in [3.63, 3.8) is 0 Å². The summed E-state index contributed by atoms with van der Waals surface area (Å²) in [6.45, 7) is 14.3. The molecule has 0 bridgehead atoms. The maximum atomic E-state index is 4.93. The van der Waals surface area contributed by atoms with Crippen LogP contribution in [0.15, 0.2) is 83.6 Å². The molecule has 4 rings (SSSR count). The summed E-state index contributed by atoms with van der Waals surface area (Å²) in [6.07, 6.45) is 19.6. The van der Waals surface area contributed by atoms with Crippen LogP contribution < -0.4 is 0 Å². The number of allylic oxidation sites excluding steroid dienone is 9. The van der Waals surface area contributed by atoms with Crippen LogP contribution in [0.3, 0.4) is 0 Å². The van der Waals surface area contributed by atoms with Gasteiger partial charge in [-0.3, -0.25) is 0 Å². The third-order valence-electron chi connectivity index (χ3n) is 4.91. The van der Waals surface area contributed by atoms with Crippen LogP contribution in [-0.4, -0.2) is 15.0 Å². The largest absolute Gasteiger partial charge is 0.360 e. The zero-order valence-corrected chi connectivity index (χ0v) is 22.1. The lowest BCUT2D eigenvalue weighted by molar-refractivity contribution is 1.15. The third kappa shape index (κ3) is 7.33. The minimum absolute atomic E-state index is 0.757. The lowest BCUT2D eigenvalue weighted by atomic mass is 10.1. The maximum Gasteiger partial charge on any atom is 0.140 e. The van der Waals surface area contributed by atoms with Gasteiger partial charge in [-0.25, -0.2) is 4.98 Å². The summed E-state index contributed by atoms with van der Waals surface area (Å²) in [4.78, 5) is 11.8. The van der Waals surface area contributed by atoms with Crippen LogP contribution >= 0.6 is 15.9 Å². The Morgan fingerprint density at radius 1 is 1.21 bits per heavy atom. The predicted octanol–water partition coefficient (Wildman–Crippen LogP) is 9.34. The molecule has 0 saturated carbocycles. The molecule has 2 aromatic heterocycles. The Bertz CT molecular complexity index is 1160. The number of aromatic amines is 2. The van der Waals surface area contributed by atoms with Crippen molar-refractivity contribution in [1.82, 2.24) is 15.0 Å². The van der Waals surface area contributed by atoms with Gasteiger partial charge in [0.2, 0.25) is 0 Å². The summed E-state index contributed by atoms with van der Waals surface area (Å²) in [5, 5.41) is 1.15. The van der Waals surface area contributed by atoms with E-state index in [0.717, 1.165) is 56.6 Å². The predicted molar refractivity (Wildman–Crippen MR) is 149 cm³/mol. The Kier molecular flexibility index (Phi) is 10.9. The first-order valence-corrected chi connectivity index (χ1v) is 12.5. The van der Waals surface area contributed by atoms with Crippen molar-refractivity contribution < 1.29 is 0 Å². The fourth-order valence-electron chi connectivity index (χ4n) is 3.52. The smallest absolute Gasteiger partial charge is 0.140 e. The number of hydrogen-bond donors (Lipinski definition) is 2. The van der Waals surface area contributed by atoms with E-state index in [1.54, 1.807) is 0 Å². The zero-order valence-electron chi connectivity index (χ0n) is 20.5. The molecule has 33 heavy (non-hydrogen) atoms. The van der Waals surface area contributed by atoms with Crippen LogP contribution in [0, 0.1) is 0 Å². The second-order valence-corrected chi connectivity index (χ2v) is 8.59. The normalized spacial score (nSPS) is 12.1. The average molecular weight is 507 g/mol. The second kappa shape index (κ2) is 13.6. The molecule has 2 N–H and O–H groups in total. The van der Waals surface area contributed by atoms with E-state index < -0.39 is 0 Å². The number of nitrogens with zero attached hydrogens (tertiary/aromatic N) is 1. The van der Waals surface area contributed by atoms with Crippen LogP contribution in [0.4, 0.5) is 0 Å². The molecule has 0 fully saturated rings.